The van der Waals surface area contributed by atoms with E-state index in [1.54, 1.807) is 19.2 Å². The van der Waals surface area contributed by atoms with Crippen LogP contribution >= 0.6 is 0 Å². The van der Waals surface area contributed by atoms with Gasteiger partial charge < -0.3 is 16.0 Å². The Balaban J connectivity index is 2.31. The van der Waals surface area contributed by atoms with Crippen molar-refractivity contribution in [2.75, 3.05) is 24.7 Å². The van der Waals surface area contributed by atoms with E-state index in [1.807, 2.05) is 36.2 Å². The van der Waals surface area contributed by atoms with Gasteiger partial charge in [0.1, 0.15) is 0 Å². The van der Waals surface area contributed by atoms with Crippen molar-refractivity contribution >= 4 is 17.3 Å². The van der Waals surface area contributed by atoms with Gasteiger partial charge in [0, 0.05) is 26.3 Å². The Hall–Kier alpha value is -2.49. The molecule has 0 spiro atoms. The fourth-order valence-electron chi connectivity index (χ4n) is 2.13. The number of nitrogens with zero attached hydrogens (tertiary/aromatic N) is 1. The molecule has 0 aliphatic heterocycles. The number of anilines is 2. The van der Waals surface area contributed by atoms with E-state index < -0.39 is 0 Å². The summed E-state index contributed by atoms with van der Waals surface area (Å²) in [5, 5.41) is 2.65. The largest absolute Gasteiger partial charge is 0.399 e. The minimum absolute atomic E-state index is 0.111. The van der Waals surface area contributed by atoms with Crippen LogP contribution in [0.15, 0.2) is 48.5 Å². The maximum absolute atomic E-state index is 11.9. The average Bonchev–Trinajstić information content (AvgIpc) is 2.47. The summed E-state index contributed by atoms with van der Waals surface area (Å²) >= 11 is 0. The Labute approximate surface area is 119 Å². The molecule has 3 N–H and O–H groups in total. The van der Waals surface area contributed by atoms with Gasteiger partial charge in [-0.15, -0.1) is 0 Å². The van der Waals surface area contributed by atoms with Crippen molar-refractivity contribution < 1.29 is 4.79 Å². The molecule has 0 aromatic heterocycles. The second-order valence-electron chi connectivity index (χ2n) is 4.70. The van der Waals surface area contributed by atoms with E-state index in [-0.39, 0.29) is 5.91 Å². The van der Waals surface area contributed by atoms with Gasteiger partial charge in [0.15, 0.2) is 0 Å². The van der Waals surface area contributed by atoms with E-state index in [9.17, 15) is 4.79 Å². The van der Waals surface area contributed by atoms with E-state index in [0.717, 1.165) is 5.69 Å². The molecule has 0 radical (unpaired) electrons. The van der Waals surface area contributed by atoms with Gasteiger partial charge in [-0.25, -0.2) is 0 Å². The van der Waals surface area contributed by atoms with E-state index in [1.165, 1.54) is 5.56 Å². The molecule has 0 bridgehead atoms. The number of benzene rings is 2. The van der Waals surface area contributed by atoms with Crippen molar-refractivity contribution in [3.63, 3.8) is 0 Å². The first-order valence-corrected chi connectivity index (χ1v) is 6.48. The summed E-state index contributed by atoms with van der Waals surface area (Å²) in [6, 6.07) is 15.4. The van der Waals surface area contributed by atoms with E-state index in [2.05, 4.69) is 17.4 Å². The molecular weight excluding hydrogens is 250 g/mol. The molecule has 0 saturated heterocycles. The highest BCUT2D eigenvalue weighted by atomic mass is 16.1. The first-order chi connectivity index (χ1) is 9.61. The predicted octanol–water partition coefficient (Wildman–Crippen LogP) is 2.26. The smallest absolute Gasteiger partial charge is 0.253 e. The molecule has 0 heterocycles. The molecule has 0 aliphatic rings. The maximum Gasteiger partial charge on any atom is 0.253 e. The lowest BCUT2D eigenvalue weighted by Crippen LogP contribution is -2.24. The van der Waals surface area contributed by atoms with Crippen molar-refractivity contribution in [2.45, 2.75) is 6.54 Å². The molecule has 104 valence electrons. The summed E-state index contributed by atoms with van der Waals surface area (Å²) in [6.07, 6.45) is 0. The number of nitrogen functional groups attached to an aromatic ring is 1. The predicted molar refractivity (Wildman–Crippen MR) is 82.8 cm³/mol. The highest BCUT2D eigenvalue weighted by Gasteiger charge is 2.13. The number of nitrogens with two attached hydrogens (primary N) is 1. The zero-order valence-electron chi connectivity index (χ0n) is 11.8. The summed E-state index contributed by atoms with van der Waals surface area (Å²) in [5.41, 5.74) is 9.12. The molecule has 0 atom stereocenters. The van der Waals surface area contributed by atoms with Gasteiger partial charge in [0.05, 0.1) is 11.3 Å². The summed E-state index contributed by atoms with van der Waals surface area (Å²) < 4.78 is 0. The van der Waals surface area contributed by atoms with Gasteiger partial charge in [-0.2, -0.15) is 0 Å². The van der Waals surface area contributed by atoms with Crippen LogP contribution in [0, 0.1) is 0 Å². The molecule has 0 aliphatic carbocycles. The number of hydrogen-bond acceptors (Lipinski definition) is 3. The quantitative estimate of drug-likeness (QED) is 0.837. The molecule has 2 aromatic carbocycles. The molecule has 20 heavy (non-hydrogen) atoms. The van der Waals surface area contributed by atoms with Gasteiger partial charge in [0.2, 0.25) is 0 Å². The van der Waals surface area contributed by atoms with Crippen molar-refractivity contribution in [3.05, 3.63) is 59.7 Å². The van der Waals surface area contributed by atoms with Crippen LogP contribution < -0.4 is 16.0 Å². The van der Waals surface area contributed by atoms with Crippen LogP contribution in [-0.4, -0.2) is 20.0 Å². The zero-order valence-corrected chi connectivity index (χ0v) is 11.8. The number of carbonyl (C=O) groups excluding carboxylic acids is 1. The lowest BCUT2D eigenvalue weighted by Gasteiger charge is -2.22. The van der Waals surface area contributed by atoms with Crippen molar-refractivity contribution in [3.8, 4) is 0 Å². The van der Waals surface area contributed by atoms with Crippen LogP contribution in [0.5, 0.6) is 0 Å². The third-order valence-electron chi connectivity index (χ3n) is 3.17. The van der Waals surface area contributed by atoms with Gasteiger partial charge in [-0.3, -0.25) is 4.79 Å². The van der Waals surface area contributed by atoms with Crippen LogP contribution in [0.25, 0.3) is 0 Å². The molecule has 2 rings (SSSR count). The Morgan fingerprint density at radius 1 is 1.20 bits per heavy atom. The monoisotopic (exact) mass is 269 g/mol. The van der Waals surface area contributed by atoms with E-state index in [4.69, 9.17) is 5.73 Å². The Bertz CT molecular complexity index is 596. The van der Waals surface area contributed by atoms with Gasteiger partial charge >= 0.3 is 0 Å². The number of amides is 1. The lowest BCUT2D eigenvalue weighted by molar-refractivity contribution is 0.0963. The molecule has 0 unspecified atom stereocenters. The van der Waals surface area contributed by atoms with Crippen LogP contribution in [-0.2, 0) is 6.54 Å². The van der Waals surface area contributed by atoms with E-state index >= 15 is 0 Å². The first-order valence-electron chi connectivity index (χ1n) is 6.48. The Morgan fingerprint density at radius 2 is 1.90 bits per heavy atom. The first kappa shape index (κ1) is 13.9. The fourth-order valence-corrected chi connectivity index (χ4v) is 2.13. The SMILES string of the molecule is CNC(=O)c1ccc(N)cc1N(C)Cc1ccccc1. The highest BCUT2D eigenvalue weighted by Crippen LogP contribution is 2.24. The second-order valence-corrected chi connectivity index (χ2v) is 4.70. The molecule has 4 heteroatoms. The van der Waals surface area contributed by atoms with Crippen LogP contribution in [0.3, 0.4) is 0 Å². The third-order valence-corrected chi connectivity index (χ3v) is 3.17. The van der Waals surface area contributed by atoms with Crippen molar-refractivity contribution in [2.24, 2.45) is 0 Å². The summed E-state index contributed by atoms with van der Waals surface area (Å²) in [6.45, 7) is 0.717. The lowest BCUT2D eigenvalue weighted by atomic mass is 10.1. The van der Waals surface area contributed by atoms with Gasteiger partial charge in [0.25, 0.3) is 5.91 Å². The summed E-state index contributed by atoms with van der Waals surface area (Å²) in [5.74, 6) is -0.111. The van der Waals surface area contributed by atoms with Gasteiger partial charge in [-0.05, 0) is 23.8 Å². The standard InChI is InChI=1S/C16H19N3O/c1-18-16(20)14-9-8-13(17)10-15(14)19(2)11-12-6-4-3-5-7-12/h3-10H,11,17H2,1-2H3,(H,18,20). The van der Waals surface area contributed by atoms with Crippen LogP contribution in [0.1, 0.15) is 15.9 Å². The molecule has 1 amide bonds. The van der Waals surface area contributed by atoms with Crippen molar-refractivity contribution in [1.82, 2.24) is 5.32 Å². The average molecular weight is 269 g/mol. The highest BCUT2D eigenvalue weighted by molar-refractivity contribution is 6.00. The van der Waals surface area contributed by atoms with Crippen LogP contribution in [0.2, 0.25) is 0 Å². The maximum atomic E-state index is 11.9. The summed E-state index contributed by atoms with van der Waals surface area (Å²) in [7, 11) is 3.58. The fraction of sp³-hybridized carbons (Fsp3) is 0.188. The Kier molecular flexibility index (Phi) is 4.25. The minimum Gasteiger partial charge on any atom is -0.399 e. The Morgan fingerprint density at radius 3 is 2.55 bits per heavy atom. The molecule has 0 saturated carbocycles. The third kappa shape index (κ3) is 3.09. The molecule has 0 fully saturated rings. The van der Waals surface area contributed by atoms with Crippen LogP contribution in [0.4, 0.5) is 11.4 Å². The number of nitrogens with one attached hydrogen (secondary N) is 1. The number of rotatable bonds is 4. The minimum atomic E-state index is -0.111. The number of carbonyl (C=O) groups is 1. The molecule has 4 nitrogen and oxygen atoms in total. The molecule has 2 aromatic rings. The van der Waals surface area contributed by atoms with Gasteiger partial charge in [-0.1, -0.05) is 30.3 Å². The zero-order chi connectivity index (χ0) is 14.5. The number of hydrogen-bond donors (Lipinski definition) is 2. The topological polar surface area (TPSA) is 58.4 Å². The second kappa shape index (κ2) is 6.10. The normalized spacial score (nSPS) is 10.1. The molecular formula is C16H19N3O. The van der Waals surface area contributed by atoms with E-state index in [0.29, 0.717) is 17.8 Å². The summed E-state index contributed by atoms with van der Waals surface area (Å²) in [4.78, 5) is 13.9. The van der Waals surface area contributed by atoms with Crippen molar-refractivity contribution in [1.29, 1.82) is 0 Å².